The predicted molar refractivity (Wildman–Crippen MR) is 65.7 cm³/mol. The van der Waals surface area contributed by atoms with Gasteiger partial charge in [0.25, 0.3) is 0 Å². The van der Waals surface area contributed by atoms with E-state index in [0.29, 0.717) is 0 Å². The van der Waals surface area contributed by atoms with Gasteiger partial charge in [-0.05, 0) is 31.4 Å². The highest BCUT2D eigenvalue weighted by Gasteiger charge is 2.40. The van der Waals surface area contributed by atoms with Crippen molar-refractivity contribution in [1.29, 1.82) is 0 Å². The second kappa shape index (κ2) is 4.56. The lowest BCUT2D eigenvalue weighted by Gasteiger charge is -2.36. The van der Waals surface area contributed by atoms with Crippen LogP contribution in [-0.4, -0.2) is 12.8 Å². The quantitative estimate of drug-likeness (QED) is 0.876. The van der Waals surface area contributed by atoms with Crippen LogP contribution in [-0.2, 0) is 10.3 Å². The number of hydrogen-bond acceptors (Lipinski definition) is 2. The van der Waals surface area contributed by atoms with Crippen LogP contribution in [0.5, 0.6) is 0 Å². The molecule has 1 aromatic rings. The molecule has 0 bridgehead atoms. The predicted octanol–water partition coefficient (Wildman–Crippen LogP) is 2.90. The maximum absolute atomic E-state index is 13.3. The van der Waals surface area contributed by atoms with Gasteiger partial charge in [-0.15, -0.1) is 0 Å². The SMILES string of the molecule is [2H]c1c([2H])c([2H])c(C2(N([2H])C([2H])([2H])[2H])C(=O)C([2H])([2H])CC([2H])([2H])C2([2H])[2H])c(Cl)c1[2H]. The van der Waals surface area contributed by atoms with E-state index in [0.717, 1.165) is 0 Å². The van der Waals surface area contributed by atoms with Gasteiger partial charge in [0.05, 0.1) is 5.48 Å². The van der Waals surface area contributed by atoms with Crippen LogP contribution in [0.15, 0.2) is 24.2 Å². The van der Waals surface area contributed by atoms with Crippen LogP contribution in [0.25, 0.3) is 0 Å². The third-order valence-corrected chi connectivity index (χ3v) is 2.39. The summed E-state index contributed by atoms with van der Waals surface area (Å²) in [6, 6.07) is -4.12. The summed E-state index contributed by atoms with van der Waals surface area (Å²) in [4.78, 5) is 13.3. The zero-order chi connectivity index (χ0) is 23.8. The van der Waals surface area contributed by atoms with Gasteiger partial charge >= 0.3 is 0 Å². The van der Waals surface area contributed by atoms with E-state index in [-0.39, 0.29) is 0 Å². The molecule has 1 fully saturated rings. The molecule has 0 aromatic heterocycles. The number of carbonyl (C=O) groups excluding carboxylic acids is 1. The minimum Gasteiger partial charge on any atom is -0.304 e. The van der Waals surface area contributed by atoms with Gasteiger partial charge in [-0.1, -0.05) is 36.1 Å². The highest BCUT2D eigenvalue weighted by Crippen LogP contribution is 2.37. The minimum atomic E-state index is -3.67. The first kappa shape index (κ1) is 3.33. The summed E-state index contributed by atoms with van der Waals surface area (Å²) in [5.74, 6) is -1.90. The third kappa shape index (κ3) is 1.76. The van der Waals surface area contributed by atoms with Crippen molar-refractivity contribution in [2.75, 3.05) is 6.98 Å². The fraction of sp³-hybridized carbons (Fsp3) is 0.462. The van der Waals surface area contributed by atoms with E-state index in [9.17, 15) is 4.79 Å². The van der Waals surface area contributed by atoms with Gasteiger partial charge in [-0.25, -0.2) is 0 Å². The van der Waals surface area contributed by atoms with Crippen LogP contribution < -0.4 is 5.31 Å². The van der Waals surface area contributed by atoms with Crippen LogP contribution in [0.4, 0.5) is 0 Å². The van der Waals surface area contributed by atoms with Crippen molar-refractivity contribution in [3.8, 4) is 0 Å². The second-order valence-corrected chi connectivity index (χ2v) is 3.37. The van der Waals surface area contributed by atoms with Gasteiger partial charge in [0.2, 0.25) is 0 Å². The molecule has 1 atom stereocenters. The maximum Gasteiger partial charge on any atom is 0.157 e. The molecule has 0 aliphatic heterocycles. The lowest BCUT2D eigenvalue weighted by atomic mass is 9.75. The average molecular weight is 252 g/mol. The molecule has 2 rings (SSSR count). The maximum atomic E-state index is 13.3. The molecule has 1 aromatic carbocycles. The smallest absolute Gasteiger partial charge is 0.157 e. The minimum absolute atomic E-state index is 0.626. The van der Waals surface area contributed by atoms with Gasteiger partial charge in [-0.2, -0.15) is 0 Å². The van der Waals surface area contributed by atoms with Gasteiger partial charge in [-0.3, -0.25) is 4.79 Å². The molecule has 16 heavy (non-hydrogen) atoms. The zero-order valence-corrected chi connectivity index (χ0v) is 8.70. The molecule has 0 heterocycles. The molecule has 1 saturated carbocycles. The molecule has 2 nitrogen and oxygen atoms in total. The Morgan fingerprint density at radius 3 is 3.31 bits per heavy atom. The molecule has 86 valence electrons. The first-order valence-corrected chi connectivity index (χ1v) is 4.68. The number of rotatable bonds is 2. The topological polar surface area (TPSA) is 29.1 Å². The van der Waals surface area contributed by atoms with Crippen LogP contribution in [0.1, 0.15) is 48.9 Å². The molecule has 0 saturated heterocycles. The Labute approximate surface area is 121 Å². The van der Waals surface area contributed by atoms with E-state index in [1.54, 1.807) is 0 Å². The van der Waals surface area contributed by atoms with Crippen molar-refractivity contribution >= 4 is 17.4 Å². The van der Waals surface area contributed by atoms with Gasteiger partial charge < -0.3 is 5.31 Å². The summed E-state index contributed by atoms with van der Waals surface area (Å²) in [5.41, 5.74) is -4.89. The number of benzene rings is 1. The fourth-order valence-corrected chi connectivity index (χ4v) is 1.57. The number of hydrogen-bond donors (Lipinski definition) is 1. The van der Waals surface area contributed by atoms with E-state index in [4.69, 9.17) is 30.8 Å². The highest BCUT2D eigenvalue weighted by atomic mass is 35.5. The summed E-state index contributed by atoms with van der Waals surface area (Å²) >= 11 is 6.00. The molecule has 0 amide bonds. The van der Waals surface area contributed by atoms with Crippen molar-refractivity contribution in [2.45, 2.75) is 31.1 Å². The molecule has 0 spiro atoms. The van der Waals surface area contributed by atoms with E-state index < -0.39 is 83.9 Å². The Kier molecular flexibility index (Phi) is 0.950. The van der Waals surface area contributed by atoms with Crippen molar-refractivity contribution in [2.24, 2.45) is 0 Å². The lowest BCUT2D eigenvalue weighted by molar-refractivity contribution is -0.127. The van der Waals surface area contributed by atoms with Crippen LogP contribution in [0.2, 0.25) is 6.43 Å². The number of ketones is 1. The average Bonchev–Trinajstić information content (AvgIpc) is 2.58. The van der Waals surface area contributed by atoms with Crippen molar-refractivity contribution in [3.63, 3.8) is 0 Å². The number of nitrogens with one attached hydrogen (secondary N) is 1. The third-order valence-electron chi connectivity index (χ3n) is 2.11. The number of likely N-dealkylation sites (N-methyl/N-ethyl adjacent to an activating group) is 1. The lowest BCUT2D eigenvalue weighted by Crippen LogP contribution is -2.49. The van der Waals surface area contributed by atoms with E-state index in [2.05, 4.69) is 0 Å². The van der Waals surface area contributed by atoms with Gasteiger partial charge in [0.1, 0.15) is 6.95 Å². The van der Waals surface area contributed by atoms with Crippen LogP contribution >= 0.6 is 11.6 Å². The molecule has 3 heteroatoms. The molecule has 1 aliphatic rings. The zero-order valence-electron chi connectivity index (χ0n) is 21.9. The monoisotopic (exact) mass is 251 g/mol. The molecular weight excluding hydrogens is 222 g/mol. The number of halogens is 1. The Hall–Kier alpha value is -0.860. The fourth-order valence-electron chi connectivity index (χ4n) is 1.34. The van der Waals surface area contributed by atoms with Crippen LogP contribution in [0, 0.1) is 0 Å². The summed E-state index contributed by atoms with van der Waals surface area (Å²) in [5, 5.41) is -1.65. The normalized spacial score (nSPS) is 49.0. The largest absolute Gasteiger partial charge is 0.304 e. The first-order valence-electron chi connectivity index (χ1n) is 11.2. The first-order chi connectivity index (χ1) is 13.2. The molecule has 0 radical (unpaired) electrons. The summed E-state index contributed by atoms with van der Waals surface area (Å²) < 4.78 is 111. The summed E-state index contributed by atoms with van der Waals surface area (Å²) in [7, 11) is 0. The Balaban J connectivity index is 3.24. The van der Waals surface area contributed by atoms with E-state index >= 15 is 0 Å². The molecule has 1 N–H and O–H groups in total. The van der Waals surface area contributed by atoms with E-state index in [1.165, 1.54) is 0 Å². The Morgan fingerprint density at radius 2 is 2.50 bits per heavy atom. The second-order valence-electron chi connectivity index (χ2n) is 3.00. The van der Waals surface area contributed by atoms with Crippen molar-refractivity contribution in [1.82, 2.24) is 5.31 Å². The van der Waals surface area contributed by atoms with Gasteiger partial charge in [0, 0.05) is 23.7 Å². The molecule has 1 aliphatic carbocycles. The highest BCUT2D eigenvalue weighted by molar-refractivity contribution is 6.31. The Morgan fingerprint density at radius 1 is 1.69 bits per heavy atom. The summed E-state index contributed by atoms with van der Waals surface area (Å²) in [6.07, 6.45) is -11.4. The van der Waals surface area contributed by atoms with Gasteiger partial charge in [0.15, 0.2) is 5.78 Å². The van der Waals surface area contributed by atoms with Crippen molar-refractivity contribution < 1.29 is 24.0 Å². The van der Waals surface area contributed by atoms with E-state index in [1.807, 2.05) is 0 Å². The molecular formula is C13H16ClNO. The molecule has 1 unspecified atom stereocenters. The van der Waals surface area contributed by atoms with Crippen LogP contribution in [0.3, 0.4) is 0 Å². The standard InChI is InChI=1S/C13H16ClNO/c1-15-13(9-5-4-8-12(13)16)10-6-2-3-7-11(10)14/h2-3,6-7,15H,4-5,8-9H2,1H3/i1D3,2D,3D,5D2,6D,7D,8D2,9D2/hD. The summed E-state index contributed by atoms with van der Waals surface area (Å²) in [6.45, 7) is -3.63. The van der Waals surface area contributed by atoms with Crippen molar-refractivity contribution in [3.05, 3.63) is 34.8 Å². The number of Topliss-reactive ketones (excluding diaryl/α,β-unsaturated/α-hetero) is 1. The number of carbonyl (C=O) groups is 1. The Bertz CT molecular complexity index is 883.